The molecule has 4 aromatic rings. The highest BCUT2D eigenvalue weighted by atomic mass is 35.5. The van der Waals surface area contributed by atoms with Gasteiger partial charge in [-0.25, -0.2) is 4.98 Å². The van der Waals surface area contributed by atoms with Gasteiger partial charge in [0.15, 0.2) is 0 Å². The van der Waals surface area contributed by atoms with Crippen LogP contribution in [-0.2, 0) is 5.75 Å². The molecule has 0 aliphatic carbocycles. The number of aryl methyl sites for hydroxylation is 1. The number of hydrogen-bond donors (Lipinski definition) is 1. The SMILES string of the molecule is Cc1ccccc1-n1nnnc1SCc1nc2ccc(Cl)cc2c(=O)[nH]1. The molecule has 0 radical (unpaired) electrons. The number of halogens is 1. The van der Waals surface area contributed by atoms with Crippen LogP contribution in [0.2, 0.25) is 5.02 Å². The molecule has 4 rings (SSSR count). The average molecular weight is 385 g/mol. The maximum Gasteiger partial charge on any atom is 0.258 e. The Kier molecular flexibility index (Phi) is 4.44. The lowest BCUT2D eigenvalue weighted by molar-refractivity contribution is 0.751. The number of benzene rings is 2. The number of hydrogen-bond acceptors (Lipinski definition) is 6. The van der Waals surface area contributed by atoms with Crippen LogP contribution in [0, 0.1) is 6.92 Å². The fraction of sp³-hybridized carbons (Fsp3) is 0.118. The summed E-state index contributed by atoms with van der Waals surface area (Å²) >= 11 is 7.34. The minimum Gasteiger partial charge on any atom is -0.309 e. The Hall–Kier alpha value is -2.71. The van der Waals surface area contributed by atoms with E-state index in [1.807, 2.05) is 31.2 Å². The molecule has 0 saturated carbocycles. The fourth-order valence-corrected chi connectivity index (χ4v) is 3.51. The molecule has 2 aromatic carbocycles. The van der Waals surface area contributed by atoms with Gasteiger partial charge >= 0.3 is 0 Å². The van der Waals surface area contributed by atoms with Gasteiger partial charge in [-0.2, -0.15) is 4.68 Å². The first-order valence-corrected chi connectivity index (χ1v) is 9.14. The smallest absolute Gasteiger partial charge is 0.258 e. The molecule has 2 heterocycles. The third-order valence-corrected chi connectivity index (χ3v) is 5.00. The highest BCUT2D eigenvalue weighted by Gasteiger charge is 2.12. The van der Waals surface area contributed by atoms with Crippen LogP contribution >= 0.6 is 23.4 Å². The zero-order valence-electron chi connectivity index (χ0n) is 13.7. The van der Waals surface area contributed by atoms with Crippen molar-refractivity contribution in [3.8, 4) is 5.69 Å². The van der Waals surface area contributed by atoms with Crippen molar-refractivity contribution in [2.24, 2.45) is 0 Å². The summed E-state index contributed by atoms with van der Waals surface area (Å²) in [5.41, 5.74) is 2.37. The van der Waals surface area contributed by atoms with Crippen LogP contribution in [0.25, 0.3) is 16.6 Å². The van der Waals surface area contributed by atoms with E-state index in [-0.39, 0.29) is 5.56 Å². The van der Waals surface area contributed by atoms with Crippen molar-refractivity contribution < 1.29 is 0 Å². The highest BCUT2D eigenvalue weighted by molar-refractivity contribution is 7.98. The van der Waals surface area contributed by atoms with Gasteiger partial charge in [-0.15, -0.1) is 5.10 Å². The third kappa shape index (κ3) is 3.21. The number of nitrogens with one attached hydrogen (secondary N) is 1. The molecule has 0 amide bonds. The van der Waals surface area contributed by atoms with Crippen LogP contribution in [0.4, 0.5) is 0 Å². The topological polar surface area (TPSA) is 89.3 Å². The summed E-state index contributed by atoms with van der Waals surface area (Å²) in [4.78, 5) is 19.5. The second-order valence-electron chi connectivity index (χ2n) is 5.62. The second kappa shape index (κ2) is 6.89. The van der Waals surface area contributed by atoms with Crippen molar-refractivity contribution in [2.45, 2.75) is 17.8 Å². The Bertz CT molecular complexity index is 1160. The molecule has 0 bridgehead atoms. The molecule has 0 unspecified atom stereocenters. The zero-order chi connectivity index (χ0) is 18.1. The highest BCUT2D eigenvalue weighted by Crippen LogP contribution is 2.23. The number of rotatable bonds is 4. The molecule has 1 N–H and O–H groups in total. The van der Waals surface area contributed by atoms with Crippen molar-refractivity contribution in [3.63, 3.8) is 0 Å². The monoisotopic (exact) mass is 384 g/mol. The minimum absolute atomic E-state index is 0.216. The van der Waals surface area contributed by atoms with Crippen molar-refractivity contribution in [2.75, 3.05) is 0 Å². The summed E-state index contributed by atoms with van der Waals surface area (Å²) < 4.78 is 1.68. The first-order chi connectivity index (χ1) is 12.6. The summed E-state index contributed by atoms with van der Waals surface area (Å²) in [6, 6.07) is 12.9. The number of aromatic amines is 1. The van der Waals surface area contributed by atoms with E-state index in [1.54, 1.807) is 22.9 Å². The predicted octanol–water partition coefficient (Wildman–Crippen LogP) is 3.15. The van der Waals surface area contributed by atoms with E-state index in [9.17, 15) is 4.79 Å². The number of aromatic nitrogens is 6. The van der Waals surface area contributed by atoms with E-state index in [0.29, 0.717) is 32.7 Å². The summed E-state index contributed by atoms with van der Waals surface area (Å²) in [6.45, 7) is 2.00. The Morgan fingerprint density at radius 1 is 1.23 bits per heavy atom. The summed E-state index contributed by atoms with van der Waals surface area (Å²) in [7, 11) is 0. The lowest BCUT2D eigenvalue weighted by Crippen LogP contribution is -2.11. The Balaban J connectivity index is 1.62. The van der Waals surface area contributed by atoms with Crippen LogP contribution in [0.15, 0.2) is 52.4 Å². The molecule has 26 heavy (non-hydrogen) atoms. The molecule has 0 spiro atoms. The van der Waals surface area contributed by atoms with Crippen molar-refractivity contribution >= 4 is 34.3 Å². The Morgan fingerprint density at radius 3 is 2.92 bits per heavy atom. The van der Waals surface area contributed by atoms with Gasteiger partial charge in [0.25, 0.3) is 5.56 Å². The van der Waals surface area contributed by atoms with Crippen LogP contribution in [-0.4, -0.2) is 30.2 Å². The van der Waals surface area contributed by atoms with E-state index in [4.69, 9.17) is 11.6 Å². The van der Waals surface area contributed by atoms with Gasteiger partial charge in [0.2, 0.25) is 5.16 Å². The molecular formula is C17H13ClN6OS. The van der Waals surface area contributed by atoms with Crippen LogP contribution < -0.4 is 5.56 Å². The largest absolute Gasteiger partial charge is 0.309 e. The number of para-hydroxylation sites is 1. The Labute approximate surface area is 157 Å². The van der Waals surface area contributed by atoms with Crippen molar-refractivity contribution in [3.05, 3.63) is 69.2 Å². The van der Waals surface area contributed by atoms with Gasteiger partial charge in [0, 0.05) is 5.02 Å². The number of thioether (sulfide) groups is 1. The zero-order valence-corrected chi connectivity index (χ0v) is 15.3. The number of nitrogens with zero attached hydrogens (tertiary/aromatic N) is 5. The molecular weight excluding hydrogens is 372 g/mol. The normalized spacial score (nSPS) is 11.2. The maximum absolute atomic E-state index is 12.2. The standard InChI is InChI=1S/C17H13ClN6OS/c1-10-4-2-3-5-14(10)24-17(21-22-23-24)26-9-15-19-13-7-6-11(18)8-12(13)16(25)20-15/h2-8H,9H2,1H3,(H,19,20,25). The number of H-pyrrole nitrogens is 1. The third-order valence-electron chi connectivity index (χ3n) is 3.84. The predicted molar refractivity (Wildman–Crippen MR) is 101 cm³/mol. The van der Waals surface area contributed by atoms with Gasteiger partial charge in [0.1, 0.15) is 5.82 Å². The maximum atomic E-state index is 12.2. The van der Waals surface area contributed by atoms with Gasteiger partial charge in [0.05, 0.1) is 22.3 Å². The molecule has 0 atom stereocenters. The molecule has 9 heteroatoms. The molecule has 130 valence electrons. The van der Waals surface area contributed by atoms with Crippen molar-refractivity contribution in [1.82, 2.24) is 30.2 Å². The van der Waals surface area contributed by atoms with Crippen molar-refractivity contribution in [1.29, 1.82) is 0 Å². The molecule has 0 saturated heterocycles. The minimum atomic E-state index is -0.216. The van der Waals surface area contributed by atoms with Gasteiger partial charge in [-0.05, 0) is 47.2 Å². The summed E-state index contributed by atoms with van der Waals surface area (Å²) in [6.07, 6.45) is 0. The lowest BCUT2D eigenvalue weighted by atomic mass is 10.2. The molecule has 0 aliphatic heterocycles. The van der Waals surface area contributed by atoms with Crippen LogP contribution in [0.1, 0.15) is 11.4 Å². The molecule has 0 fully saturated rings. The summed E-state index contributed by atoms with van der Waals surface area (Å²) in [5, 5.41) is 13.5. The lowest BCUT2D eigenvalue weighted by Gasteiger charge is -2.07. The van der Waals surface area contributed by atoms with Gasteiger partial charge in [-0.3, -0.25) is 4.79 Å². The number of fused-ring (bicyclic) bond motifs is 1. The van der Waals surface area contributed by atoms with E-state index in [0.717, 1.165) is 11.3 Å². The quantitative estimate of drug-likeness (QED) is 0.543. The van der Waals surface area contributed by atoms with Gasteiger partial charge in [-0.1, -0.05) is 41.6 Å². The van der Waals surface area contributed by atoms with E-state index in [1.165, 1.54) is 11.8 Å². The van der Waals surface area contributed by atoms with Gasteiger partial charge < -0.3 is 4.98 Å². The molecule has 7 nitrogen and oxygen atoms in total. The van der Waals surface area contributed by atoms with E-state index >= 15 is 0 Å². The first-order valence-electron chi connectivity index (χ1n) is 7.77. The number of tetrazole rings is 1. The molecule has 0 aliphatic rings. The first kappa shape index (κ1) is 16.7. The Morgan fingerprint density at radius 2 is 2.08 bits per heavy atom. The van der Waals surface area contributed by atoms with E-state index < -0.39 is 0 Å². The van der Waals surface area contributed by atoms with E-state index in [2.05, 4.69) is 25.5 Å². The average Bonchev–Trinajstić information content (AvgIpc) is 3.09. The van der Waals surface area contributed by atoms with Crippen LogP contribution in [0.5, 0.6) is 0 Å². The fourth-order valence-electron chi connectivity index (χ4n) is 2.58. The molecule has 2 aromatic heterocycles. The van der Waals surface area contributed by atoms with Crippen LogP contribution in [0.3, 0.4) is 0 Å². The summed E-state index contributed by atoms with van der Waals surface area (Å²) in [5.74, 6) is 0.981. The second-order valence-corrected chi connectivity index (χ2v) is 7.00.